The van der Waals surface area contributed by atoms with E-state index in [1.807, 2.05) is 26.0 Å². The Morgan fingerprint density at radius 1 is 1.33 bits per heavy atom. The summed E-state index contributed by atoms with van der Waals surface area (Å²) < 4.78 is 19.3. The molecular weight excluding hydrogens is 291 g/mol. The van der Waals surface area contributed by atoms with Crippen LogP contribution in [0.25, 0.3) is 0 Å². The molecule has 1 aromatic carbocycles. The maximum atomic E-state index is 13.4. The normalized spacial score (nSPS) is 13.7. The van der Waals surface area contributed by atoms with Gasteiger partial charge >= 0.3 is 0 Å². The first kappa shape index (κ1) is 15.7. The molecule has 21 heavy (non-hydrogen) atoms. The van der Waals surface area contributed by atoms with Crippen LogP contribution in [0.4, 0.5) is 4.39 Å². The number of nitrogens with one attached hydrogen (secondary N) is 1. The van der Waals surface area contributed by atoms with Crippen LogP contribution in [0.2, 0.25) is 5.02 Å². The van der Waals surface area contributed by atoms with E-state index < -0.39 is 0 Å². The predicted octanol–water partition coefficient (Wildman–Crippen LogP) is 3.99. The predicted molar refractivity (Wildman–Crippen MR) is 82.2 cm³/mol. The molecule has 0 aliphatic heterocycles. The second kappa shape index (κ2) is 7.38. The van der Waals surface area contributed by atoms with Crippen LogP contribution in [0, 0.1) is 5.82 Å². The minimum atomic E-state index is -0.356. The van der Waals surface area contributed by atoms with E-state index in [9.17, 15) is 4.39 Å². The smallest absolute Gasteiger partial charge is 0.141 e. The van der Waals surface area contributed by atoms with Gasteiger partial charge in [0.05, 0.1) is 12.2 Å². The van der Waals surface area contributed by atoms with Crippen molar-refractivity contribution >= 4 is 11.6 Å². The SMILES string of the molecule is CCNC(c1cncc(F)c1)C(C)Oc1cccc(Cl)c1. The number of aromatic nitrogens is 1. The lowest BCUT2D eigenvalue weighted by molar-refractivity contribution is 0.171. The molecule has 1 N–H and O–H groups in total. The largest absolute Gasteiger partial charge is 0.489 e. The highest BCUT2D eigenvalue weighted by Crippen LogP contribution is 2.24. The lowest BCUT2D eigenvalue weighted by atomic mass is 10.0. The molecule has 1 aromatic heterocycles. The first-order valence-electron chi connectivity index (χ1n) is 6.86. The zero-order chi connectivity index (χ0) is 15.2. The van der Waals surface area contributed by atoms with Crippen molar-refractivity contribution in [2.24, 2.45) is 0 Å². The number of halogens is 2. The molecule has 0 aliphatic rings. The molecule has 0 fully saturated rings. The summed E-state index contributed by atoms with van der Waals surface area (Å²) in [7, 11) is 0. The van der Waals surface area contributed by atoms with Gasteiger partial charge in [0.25, 0.3) is 0 Å². The Labute approximate surface area is 129 Å². The van der Waals surface area contributed by atoms with Gasteiger partial charge in [0.1, 0.15) is 17.7 Å². The van der Waals surface area contributed by atoms with Gasteiger partial charge in [-0.25, -0.2) is 4.39 Å². The third-order valence-electron chi connectivity index (χ3n) is 3.10. The Hall–Kier alpha value is -1.65. The summed E-state index contributed by atoms with van der Waals surface area (Å²) in [5.74, 6) is 0.327. The van der Waals surface area contributed by atoms with E-state index in [1.54, 1.807) is 18.3 Å². The van der Waals surface area contributed by atoms with Crippen LogP contribution < -0.4 is 10.1 Å². The van der Waals surface area contributed by atoms with Crippen LogP contribution in [0.15, 0.2) is 42.7 Å². The maximum Gasteiger partial charge on any atom is 0.141 e. The van der Waals surface area contributed by atoms with Crippen molar-refractivity contribution < 1.29 is 9.13 Å². The standard InChI is InChI=1S/C16H18ClFN2O/c1-3-20-16(12-7-14(18)10-19-9-12)11(2)21-15-6-4-5-13(17)8-15/h4-11,16,20H,3H2,1-2H3. The lowest BCUT2D eigenvalue weighted by Crippen LogP contribution is -2.34. The maximum absolute atomic E-state index is 13.4. The van der Waals surface area contributed by atoms with Crippen molar-refractivity contribution in [2.45, 2.75) is 26.0 Å². The number of pyridine rings is 1. The molecule has 2 rings (SSSR count). The van der Waals surface area contributed by atoms with Crippen molar-refractivity contribution in [3.63, 3.8) is 0 Å². The fraction of sp³-hybridized carbons (Fsp3) is 0.312. The highest BCUT2D eigenvalue weighted by atomic mass is 35.5. The third-order valence-corrected chi connectivity index (χ3v) is 3.33. The van der Waals surface area contributed by atoms with Gasteiger partial charge < -0.3 is 10.1 Å². The highest BCUT2D eigenvalue weighted by molar-refractivity contribution is 6.30. The first-order valence-corrected chi connectivity index (χ1v) is 7.24. The molecule has 2 unspecified atom stereocenters. The van der Waals surface area contributed by atoms with Gasteiger partial charge in [-0.3, -0.25) is 4.98 Å². The summed E-state index contributed by atoms with van der Waals surface area (Å²) in [5, 5.41) is 3.91. The number of benzene rings is 1. The minimum Gasteiger partial charge on any atom is -0.489 e. The Morgan fingerprint density at radius 2 is 2.14 bits per heavy atom. The van der Waals surface area contributed by atoms with E-state index in [2.05, 4.69) is 10.3 Å². The molecule has 2 aromatic rings. The van der Waals surface area contributed by atoms with Gasteiger partial charge in [-0.05, 0) is 43.3 Å². The number of hydrogen-bond donors (Lipinski definition) is 1. The highest BCUT2D eigenvalue weighted by Gasteiger charge is 2.21. The quantitative estimate of drug-likeness (QED) is 0.876. The van der Waals surface area contributed by atoms with Crippen LogP contribution in [0.1, 0.15) is 25.5 Å². The molecule has 0 bridgehead atoms. The van der Waals surface area contributed by atoms with Gasteiger partial charge in [-0.1, -0.05) is 24.6 Å². The summed E-state index contributed by atoms with van der Waals surface area (Å²) in [5.41, 5.74) is 0.756. The van der Waals surface area contributed by atoms with E-state index in [0.29, 0.717) is 10.8 Å². The summed E-state index contributed by atoms with van der Waals surface area (Å²) in [6, 6.07) is 8.53. The lowest BCUT2D eigenvalue weighted by Gasteiger charge is -2.26. The summed E-state index contributed by atoms with van der Waals surface area (Å²) in [6.45, 7) is 4.66. The minimum absolute atomic E-state index is 0.155. The molecule has 0 radical (unpaired) electrons. The number of likely N-dealkylation sites (N-methyl/N-ethyl adjacent to an activating group) is 1. The van der Waals surface area contributed by atoms with E-state index in [0.717, 1.165) is 12.1 Å². The third kappa shape index (κ3) is 4.41. The van der Waals surface area contributed by atoms with Crippen LogP contribution in [0.3, 0.4) is 0 Å². The average Bonchev–Trinajstić information content (AvgIpc) is 2.44. The van der Waals surface area contributed by atoms with Crippen molar-refractivity contribution in [2.75, 3.05) is 6.54 Å². The van der Waals surface area contributed by atoms with Gasteiger partial charge in [0, 0.05) is 11.2 Å². The zero-order valence-corrected chi connectivity index (χ0v) is 12.8. The Bertz CT molecular complexity index is 594. The van der Waals surface area contributed by atoms with Gasteiger partial charge in [0.15, 0.2) is 0 Å². The van der Waals surface area contributed by atoms with Crippen LogP contribution in [-0.4, -0.2) is 17.6 Å². The molecule has 0 amide bonds. The van der Waals surface area contributed by atoms with E-state index >= 15 is 0 Å². The molecule has 112 valence electrons. The van der Waals surface area contributed by atoms with Crippen LogP contribution in [-0.2, 0) is 0 Å². The van der Waals surface area contributed by atoms with Gasteiger partial charge in [0.2, 0.25) is 0 Å². The van der Waals surface area contributed by atoms with Crippen LogP contribution >= 0.6 is 11.6 Å². The van der Waals surface area contributed by atoms with Crippen molar-refractivity contribution in [3.05, 3.63) is 59.1 Å². The number of rotatable bonds is 6. The molecule has 0 saturated carbocycles. The molecule has 0 spiro atoms. The van der Waals surface area contributed by atoms with E-state index in [-0.39, 0.29) is 18.0 Å². The average molecular weight is 309 g/mol. The fourth-order valence-electron chi connectivity index (χ4n) is 2.20. The fourth-order valence-corrected chi connectivity index (χ4v) is 2.38. The second-order valence-corrected chi connectivity index (χ2v) is 5.19. The van der Waals surface area contributed by atoms with Crippen molar-refractivity contribution in [1.82, 2.24) is 10.3 Å². The monoisotopic (exact) mass is 308 g/mol. The first-order chi connectivity index (χ1) is 10.1. The molecule has 1 heterocycles. The number of hydrogen-bond acceptors (Lipinski definition) is 3. The Balaban J connectivity index is 2.17. The Morgan fingerprint density at radius 3 is 2.81 bits per heavy atom. The zero-order valence-electron chi connectivity index (χ0n) is 12.0. The van der Waals surface area contributed by atoms with Crippen LogP contribution in [0.5, 0.6) is 5.75 Å². The molecular formula is C16H18ClFN2O. The summed E-state index contributed by atoms with van der Waals surface area (Å²) >= 11 is 5.95. The molecule has 3 nitrogen and oxygen atoms in total. The van der Waals surface area contributed by atoms with E-state index in [4.69, 9.17) is 16.3 Å². The van der Waals surface area contributed by atoms with Crippen molar-refractivity contribution in [1.29, 1.82) is 0 Å². The molecule has 0 aliphatic carbocycles. The van der Waals surface area contributed by atoms with Crippen molar-refractivity contribution in [3.8, 4) is 5.75 Å². The topological polar surface area (TPSA) is 34.2 Å². The second-order valence-electron chi connectivity index (χ2n) is 4.75. The van der Waals surface area contributed by atoms with E-state index in [1.165, 1.54) is 12.3 Å². The van der Waals surface area contributed by atoms with Gasteiger partial charge in [-0.15, -0.1) is 0 Å². The molecule has 0 saturated heterocycles. The number of nitrogens with zero attached hydrogens (tertiary/aromatic N) is 1. The Kier molecular flexibility index (Phi) is 5.53. The molecule has 5 heteroatoms. The summed E-state index contributed by atoms with van der Waals surface area (Å²) in [4.78, 5) is 3.90. The number of ether oxygens (including phenoxy) is 1. The molecule has 2 atom stereocenters. The van der Waals surface area contributed by atoms with Gasteiger partial charge in [-0.2, -0.15) is 0 Å². The summed E-state index contributed by atoms with van der Waals surface area (Å²) in [6.07, 6.45) is 2.63.